The van der Waals surface area contributed by atoms with Crippen LogP contribution in [-0.2, 0) is 19.0 Å². The predicted octanol–water partition coefficient (Wildman–Crippen LogP) is 5.39. The number of thioether (sulfide) groups is 1. The van der Waals surface area contributed by atoms with E-state index in [1.54, 1.807) is 0 Å². The van der Waals surface area contributed by atoms with E-state index in [0.717, 1.165) is 44.3 Å². The summed E-state index contributed by atoms with van der Waals surface area (Å²) >= 11 is 1.90. The molecule has 2 heterocycles. The Morgan fingerprint density at radius 3 is 2.47 bits per heavy atom. The summed E-state index contributed by atoms with van der Waals surface area (Å²) in [6.45, 7) is 11.1. The summed E-state index contributed by atoms with van der Waals surface area (Å²) in [4.78, 5) is 10.8. The molecule has 2 aliphatic heterocycles. The molecule has 4 aliphatic rings. The summed E-state index contributed by atoms with van der Waals surface area (Å²) in [5.74, 6) is 3.36. The fourth-order valence-corrected chi connectivity index (χ4v) is 8.38. The highest BCUT2D eigenvalue weighted by atomic mass is 32.2. The normalized spacial score (nSPS) is 47.6. The molecule has 10 atom stereocenters. The van der Waals surface area contributed by atoms with Crippen LogP contribution in [0.25, 0.3) is 0 Å². The molecule has 4 fully saturated rings. The lowest BCUT2D eigenvalue weighted by Gasteiger charge is -2.59. The summed E-state index contributed by atoms with van der Waals surface area (Å²) in [7, 11) is 0. The van der Waals surface area contributed by atoms with Crippen molar-refractivity contribution in [1.82, 2.24) is 0 Å². The van der Waals surface area contributed by atoms with Crippen LogP contribution >= 0.6 is 11.8 Å². The first-order valence-corrected chi connectivity index (χ1v) is 14.0. The monoisotopic (exact) mass is 468 g/mol. The first-order chi connectivity index (χ1) is 15.2. The van der Waals surface area contributed by atoms with Crippen molar-refractivity contribution in [3.05, 3.63) is 0 Å². The maximum absolute atomic E-state index is 12.2. The topological polar surface area (TPSA) is 65.0 Å². The number of aliphatic hydroxyl groups is 1. The van der Waals surface area contributed by atoms with Gasteiger partial charge in [-0.15, -0.1) is 11.8 Å². The molecule has 4 rings (SSSR count). The van der Waals surface area contributed by atoms with E-state index in [-0.39, 0.29) is 28.8 Å². The molecule has 0 bridgehead atoms. The maximum atomic E-state index is 12.2. The number of carbonyl (C=O) groups excluding carboxylic acids is 1. The molecule has 6 heteroatoms. The van der Waals surface area contributed by atoms with E-state index in [2.05, 4.69) is 27.7 Å². The van der Waals surface area contributed by atoms with Gasteiger partial charge in [0, 0.05) is 6.92 Å². The number of rotatable bonds is 8. The Kier molecular flexibility index (Phi) is 7.56. The maximum Gasteiger partial charge on any atom is 0.302 e. The van der Waals surface area contributed by atoms with Crippen molar-refractivity contribution in [2.75, 3.05) is 12.4 Å². The minimum atomic E-state index is -0.860. The van der Waals surface area contributed by atoms with Crippen LogP contribution in [0.3, 0.4) is 0 Å². The molecule has 2 aliphatic carbocycles. The van der Waals surface area contributed by atoms with E-state index in [1.165, 1.54) is 19.8 Å². The fraction of sp³-hybridized carbons (Fsp3) is 0.962. The van der Waals surface area contributed by atoms with E-state index >= 15 is 0 Å². The van der Waals surface area contributed by atoms with Crippen molar-refractivity contribution in [1.29, 1.82) is 0 Å². The van der Waals surface area contributed by atoms with Crippen molar-refractivity contribution in [3.63, 3.8) is 0 Å². The zero-order valence-corrected chi connectivity index (χ0v) is 21.5. The average Bonchev–Trinajstić information content (AvgIpc) is 3.23. The molecule has 0 aromatic rings. The second kappa shape index (κ2) is 9.75. The Balaban J connectivity index is 1.36. The third-order valence-corrected chi connectivity index (χ3v) is 10.8. The minimum Gasteiger partial charge on any atom is -0.466 e. The van der Waals surface area contributed by atoms with Crippen LogP contribution in [0.5, 0.6) is 0 Å². The summed E-state index contributed by atoms with van der Waals surface area (Å²) in [5, 5.41) is 12.2. The lowest BCUT2D eigenvalue weighted by atomic mass is 9.58. The number of hydrogen-bond donors (Lipinski definition) is 1. The third kappa shape index (κ3) is 4.50. The van der Waals surface area contributed by atoms with Crippen LogP contribution in [0.2, 0.25) is 0 Å². The zero-order chi connectivity index (χ0) is 23.1. The molecule has 0 aromatic carbocycles. The first-order valence-electron chi connectivity index (χ1n) is 13.0. The largest absolute Gasteiger partial charge is 0.466 e. The Morgan fingerprint density at radius 2 is 1.72 bits per heavy atom. The van der Waals surface area contributed by atoms with Crippen molar-refractivity contribution in [3.8, 4) is 0 Å². The summed E-state index contributed by atoms with van der Waals surface area (Å²) < 4.78 is 18.3. The second-order valence-corrected chi connectivity index (χ2v) is 12.5. The second-order valence-electron chi connectivity index (χ2n) is 11.2. The van der Waals surface area contributed by atoms with Crippen molar-refractivity contribution in [2.24, 2.45) is 35.5 Å². The molecule has 0 amide bonds. The van der Waals surface area contributed by atoms with E-state index in [9.17, 15) is 9.90 Å². The number of esters is 1. The predicted molar refractivity (Wildman–Crippen MR) is 127 cm³/mol. The van der Waals surface area contributed by atoms with Crippen molar-refractivity contribution < 1.29 is 24.1 Å². The van der Waals surface area contributed by atoms with Gasteiger partial charge in [-0.1, -0.05) is 33.6 Å². The molecule has 2 unspecified atom stereocenters. The molecular weight excluding hydrogens is 424 g/mol. The first kappa shape index (κ1) is 24.8. The highest BCUT2D eigenvalue weighted by Gasteiger charge is 2.68. The van der Waals surface area contributed by atoms with E-state index in [1.807, 2.05) is 11.8 Å². The lowest BCUT2D eigenvalue weighted by molar-refractivity contribution is -0.349. The Morgan fingerprint density at radius 1 is 1.03 bits per heavy atom. The SMILES string of the molecule is CC(=O)OCCCCCCS[C@@H]1O[C@@H]2O[C@@]3(C)C(CC[C@H]4[C@H](C)CCC([C@H]1C)[C@@]24O)[C@@H]3C. The van der Waals surface area contributed by atoms with Crippen LogP contribution in [0, 0.1) is 35.5 Å². The Labute approximate surface area is 198 Å². The van der Waals surface area contributed by atoms with Crippen molar-refractivity contribution >= 4 is 17.7 Å². The van der Waals surface area contributed by atoms with E-state index < -0.39 is 11.9 Å². The summed E-state index contributed by atoms with van der Waals surface area (Å²) in [6, 6.07) is 0. The molecule has 1 N–H and O–H groups in total. The highest BCUT2D eigenvalue weighted by Crippen LogP contribution is 2.63. The minimum absolute atomic E-state index is 0.0795. The standard InChI is InChI=1S/C26H44O5S/c1-16-10-11-21-17(2)23(32-15-9-7-6-8-14-29-19(4)27)30-24-26(21,28)20(16)12-13-22-18(3)25(22,5)31-24/h16-18,20-24,28H,6-15H2,1-5H3/t16-,17-,18+,20+,21?,22?,23+,24-,25-,26-/m1/s1. The third-order valence-electron chi connectivity index (χ3n) is 9.42. The Hall–Kier alpha value is -0.300. The lowest BCUT2D eigenvalue weighted by Crippen LogP contribution is -2.67. The van der Waals surface area contributed by atoms with Gasteiger partial charge in [0.25, 0.3) is 0 Å². The fourth-order valence-electron chi connectivity index (χ4n) is 7.11. The summed E-state index contributed by atoms with van der Waals surface area (Å²) in [6.07, 6.45) is 8.32. The van der Waals surface area contributed by atoms with E-state index in [0.29, 0.717) is 30.3 Å². The van der Waals surface area contributed by atoms with Crippen LogP contribution < -0.4 is 0 Å². The number of carbonyl (C=O) groups is 1. The number of fused-ring (bicyclic) bond motifs is 1. The van der Waals surface area contributed by atoms with Crippen LogP contribution in [-0.4, -0.2) is 46.4 Å². The molecule has 32 heavy (non-hydrogen) atoms. The van der Waals surface area contributed by atoms with Gasteiger partial charge in [-0.2, -0.15) is 0 Å². The smallest absolute Gasteiger partial charge is 0.302 e. The van der Waals surface area contributed by atoms with Crippen LogP contribution in [0.4, 0.5) is 0 Å². The molecule has 0 spiro atoms. The van der Waals surface area contributed by atoms with Gasteiger partial charge in [0.2, 0.25) is 0 Å². The zero-order valence-electron chi connectivity index (χ0n) is 20.7. The summed E-state index contributed by atoms with van der Waals surface area (Å²) in [5.41, 5.74) is -0.925. The van der Waals surface area contributed by atoms with Gasteiger partial charge in [0.1, 0.15) is 11.0 Å². The van der Waals surface area contributed by atoms with Gasteiger partial charge in [0.05, 0.1) is 12.2 Å². The Bertz CT molecular complexity index is 673. The average molecular weight is 469 g/mol. The molecule has 2 saturated heterocycles. The number of hydrogen-bond acceptors (Lipinski definition) is 6. The molecule has 0 radical (unpaired) electrons. The molecular formula is C26H44O5S. The van der Waals surface area contributed by atoms with Crippen LogP contribution in [0.15, 0.2) is 0 Å². The van der Waals surface area contributed by atoms with Gasteiger partial charge in [-0.3, -0.25) is 4.79 Å². The molecule has 2 saturated carbocycles. The van der Waals surface area contributed by atoms with Gasteiger partial charge in [0.15, 0.2) is 6.29 Å². The van der Waals surface area contributed by atoms with Gasteiger partial charge < -0.3 is 19.3 Å². The van der Waals surface area contributed by atoms with Gasteiger partial charge >= 0.3 is 5.97 Å². The molecule has 5 nitrogen and oxygen atoms in total. The van der Waals surface area contributed by atoms with Crippen LogP contribution in [0.1, 0.15) is 86.0 Å². The molecule has 0 aromatic heterocycles. The quantitative estimate of drug-likeness (QED) is 0.381. The van der Waals surface area contributed by atoms with Crippen molar-refractivity contribution in [2.45, 2.75) is 109 Å². The van der Waals surface area contributed by atoms with E-state index in [4.69, 9.17) is 14.2 Å². The van der Waals surface area contributed by atoms with Gasteiger partial charge in [-0.05, 0) is 86.7 Å². The van der Waals surface area contributed by atoms with Gasteiger partial charge in [-0.25, -0.2) is 0 Å². The molecule has 184 valence electrons. The highest BCUT2D eigenvalue weighted by molar-refractivity contribution is 7.99. The number of ether oxygens (including phenoxy) is 3. The number of unbranched alkanes of at least 4 members (excludes halogenated alkanes) is 3.